The Bertz CT molecular complexity index is 644. The molecule has 2 aromatic carbocycles. The number of benzene rings is 2. The Morgan fingerprint density at radius 2 is 1.59 bits per heavy atom. The zero-order valence-electron chi connectivity index (χ0n) is 11.7. The van der Waals surface area contributed by atoms with E-state index < -0.39 is 20.5 Å². The maximum atomic E-state index is 11.7. The normalized spacial score (nSPS) is 12.9. The standard InChI is InChI=1S/C14H17BNO5P/c17-15(18)13-8-6-12(7-9-13)14(22(19,20)21)16-10-11-4-2-1-3-5-11/h1-9,14,16-18H,10H2,(H2,19,20,21)/t14-/m1/s1. The van der Waals surface area contributed by atoms with Gasteiger partial charge in [-0.25, -0.2) is 0 Å². The largest absolute Gasteiger partial charge is 0.488 e. The van der Waals surface area contributed by atoms with Crippen molar-refractivity contribution in [3.05, 3.63) is 65.7 Å². The van der Waals surface area contributed by atoms with E-state index in [2.05, 4.69) is 5.32 Å². The molecular weight excluding hydrogens is 304 g/mol. The summed E-state index contributed by atoms with van der Waals surface area (Å²) in [5.74, 6) is -1.16. The summed E-state index contributed by atoms with van der Waals surface area (Å²) in [6, 6.07) is 15.1. The molecule has 0 aliphatic rings. The molecule has 116 valence electrons. The van der Waals surface area contributed by atoms with E-state index in [1.807, 2.05) is 30.3 Å². The number of rotatable bonds is 6. The number of hydrogen-bond donors (Lipinski definition) is 5. The zero-order valence-corrected chi connectivity index (χ0v) is 12.6. The summed E-state index contributed by atoms with van der Waals surface area (Å²) >= 11 is 0. The third kappa shape index (κ3) is 4.51. The van der Waals surface area contributed by atoms with Gasteiger partial charge in [0, 0.05) is 6.54 Å². The molecule has 22 heavy (non-hydrogen) atoms. The summed E-state index contributed by atoms with van der Waals surface area (Å²) in [6.07, 6.45) is 0. The van der Waals surface area contributed by atoms with Crippen LogP contribution in [0.1, 0.15) is 16.9 Å². The topological polar surface area (TPSA) is 110 Å². The van der Waals surface area contributed by atoms with Crippen LogP contribution in [0.2, 0.25) is 0 Å². The van der Waals surface area contributed by atoms with Gasteiger partial charge in [-0.05, 0) is 16.6 Å². The molecule has 0 aromatic heterocycles. The van der Waals surface area contributed by atoms with Crippen LogP contribution in [0.5, 0.6) is 0 Å². The van der Waals surface area contributed by atoms with Crippen molar-refractivity contribution in [2.45, 2.75) is 12.3 Å². The van der Waals surface area contributed by atoms with Crippen molar-refractivity contribution in [2.75, 3.05) is 0 Å². The average molecular weight is 321 g/mol. The van der Waals surface area contributed by atoms with Gasteiger partial charge in [0.05, 0.1) is 0 Å². The summed E-state index contributed by atoms with van der Waals surface area (Å²) < 4.78 is 11.7. The summed E-state index contributed by atoms with van der Waals surface area (Å²) in [4.78, 5) is 19.1. The second-order valence-electron chi connectivity index (χ2n) is 4.90. The van der Waals surface area contributed by atoms with Gasteiger partial charge in [0.25, 0.3) is 0 Å². The third-order valence-corrected chi connectivity index (χ3v) is 4.38. The number of hydrogen-bond acceptors (Lipinski definition) is 4. The van der Waals surface area contributed by atoms with Gasteiger partial charge >= 0.3 is 14.7 Å². The van der Waals surface area contributed by atoms with Crippen LogP contribution in [-0.4, -0.2) is 27.0 Å². The fourth-order valence-corrected chi connectivity index (χ4v) is 2.98. The van der Waals surface area contributed by atoms with E-state index in [1.165, 1.54) is 24.3 Å². The Labute approximate surface area is 128 Å². The Morgan fingerprint density at radius 3 is 2.09 bits per heavy atom. The first kappa shape index (κ1) is 16.9. The molecule has 0 saturated carbocycles. The summed E-state index contributed by atoms with van der Waals surface area (Å²) in [7, 11) is -6.02. The molecular formula is C14H17BNO5P. The highest BCUT2D eigenvalue weighted by atomic mass is 31.2. The van der Waals surface area contributed by atoms with E-state index in [9.17, 15) is 14.4 Å². The predicted octanol–water partition coefficient (Wildman–Crippen LogP) is 0.332. The smallest absolute Gasteiger partial charge is 0.423 e. The molecule has 5 N–H and O–H groups in total. The van der Waals surface area contributed by atoms with Gasteiger partial charge in [-0.1, -0.05) is 54.6 Å². The number of nitrogens with one attached hydrogen (secondary N) is 1. The lowest BCUT2D eigenvalue weighted by molar-refractivity contribution is 0.347. The van der Waals surface area contributed by atoms with Crippen molar-refractivity contribution in [3.8, 4) is 0 Å². The summed E-state index contributed by atoms with van der Waals surface area (Å²) in [5.41, 5.74) is 1.55. The van der Waals surface area contributed by atoms with E-state index in [4.69, 9.17) is 10.0 Å². The van der Waals surface area contributed by atoms with Crippen molar-refractivity contribution in [1.29, 1.82) is 0 Å². The van der Waals surface area contributed by atoms with Crippen LogP contribution in [0.25, 0.3) is 0 Å². The van der Waals surface area contributed by atoms with Crippen LogP contribution in [0.4, 0.5) is 0 Å². The molecule has 0 spiro atoms. The highest BCUT2D eigenvalue weighted by molar-refractivity contribution is 7.52. The lowest BCUT2D eigenvalue weighted by atomic mass is 9.80. The molecule has 2 aromatic rings. The average Bonchev–Trinajstić information content (AvgIpc) is 2.47. The molecule has 0 amide bonds. The molecule has 0 heterocycles. The van der Waals surface area contributed by atoms with Crippen molar-refractivity contribution in [1.82, 2.24) is 5.32 Å². The molecule has 0 aliphatic carbocycles. The van der Waals surface area contributed by atoms with Gasteiger partial charge in [-0.3, -0.25) is 9.88 Å². The summed E-state index contributed by atoms with van der Waals surface area (Å²) in [6.45, 7) is 0.307. The van der Waals surface area contributed by atoms with E-state index in [1.54, 1.807) is 0 Å². The van der Waals surface area contributed by atoms with Gasteiger partial charge in [-0.2, -0.15) is 0 Å². The minimum absolute atomic E-state index is 0.260. The maximum Gasteiger partial charge on any atom is 0.488 e. The van der Waals surface area contributed by atoms with Gasteiger partial charge in [0.15, 0.2) is 0 Å². The van der Waals surface area contributed by atoms with Crippen LogP contribution >= 0.6 is 7.60 Å². The van der Waals surface area contributed by atoms with Crippen molar-refractivity contribution in [2.24, 2.45) is 0 Å². The van der Waals surface area contributed by atoms with Crippen LogP contribution in [0, 0.1) is 0 Å². The first-order valence-corrected chi connectivity index (χ1v) is 8.34. The molecule has 1 atom stereocenters. The third-order valence-electron chi connectivity index (χ3n) is 3.23. The maximum absolute atomic E-state index is 11.7. The lowest BCUT2D eigenvalue weighted by Gasteiger charge is -2.20. The second-order valence-corrected chi connectivity index (χ2v) is 6.59. The summed E-state index contributed by atoms with van der Waals surface area (Å²) in [5, 5.41) is 21.0. The first-order chi connectivity index (χ1) is 10.4. The highest BCUT2D eigenvalue weighted by Crippen LogP contribution is 2.49. The Kier molecular flexibility index (Phi) is 5.53. The zero-order chi connectivity index (χ0) is 16.2. The van der Waals surface area contributed by atoms with Crippen molar-refractivity contribution in [3.63, 3.8) is 0 Å². The molecule has 0 bridgehead atoms. The van der Waals surface area contributed by atoms with Crippen molar-refractivity contribution >= 4 is 20.2 Å². The van der Waals surface area contributed by atoms with E-state index >= 15 is 0 Å². The van der Waals surface area contributed by atoms with Crippen LogP contribution in [-0.2, 0) is 11.1 Å². The van der Waals surface area contributed by atoms with E-state index in [0.717, 1.165) is 5.56 Å². The fraction of sp³-hybridized carbons (Fsp3) is 0.143. The molecule has 0 radical (unpaired) electrons. The van der Waals surface area contributed by atoms with Crippen molar-refractivity contribution < 1.29 is 24.4 Å². The minimum atomic E-state index is -4.41. The second kappa shape index (κ2) is 7.20. The molecule has 0 unspecified atom stereocenters. The SMILES string of the molecule is O=P(O)(O)[C@@H](NCc1ccccc1)c1ccc(B(O)O)cc1. The lowest BCUT2D eigenvalue weighted by Crippen LogP contribution is -2.30. The molecule has 0 saturated heterocycles. The first-order valence-electron chi connectivity index (χ1n) is 6.66. The van der Waals surface area contributed by atoms with Gasteiger partial charge in [0.1, 0.15) is 5.78 Å². The van der Waals surface area contributed by atoms with Gasteiger partial charge < -0.3 is 19.8 Å². The van der Waals surface area contributed by atoms with Crippen LogP contribution in [0.3, 0.4) is 0 Å². The molecule has 8 heteroatoms. The van der Waals surface area contributed by atoms with Crippen LogP contribution in [0.15, 0.2) is 54.6 Å². The minimum Gasteiger partial charge on any atom is -0.423 e. The Hall–Kier alpha value is -1.47. The van der Waals surface area contributed by atoms with E-state index in [0.29, 0.717) is 12.1 Å². The van der Waals surface area contributed by atoms with Gasteiger partial charge in [-0.15, -0.1) is 0 Å². The molecule has 2 rings (SSSR count). The molecule has 6 nitrogen and oxygen atoms in total. The Morgan fingerprint density at radius 1 is 1.00 bits per heavy atom. The van der Waals surface area contributed by atoms with E-state index in [-0.39, 0.29) is 5.46 Å². The van der Waals surface area contributed by atoms with Gasteiger partial charge in [0.2, 0.25) is 0 Å². The molecule has 0 aliphatic heterocycles. The molecule has 0 fully saturated rings. The Balaban J connectivity index is 2.18. The highest BCUT2D eigenvalue weighted by Gasteiger charge is 2.30. The predicted molar refractivity (Wildman–Crippen MR) is 84.3 cm³/mol. The van der Waals surface area contributed by atoms with Crippen LogP contribution < -0.4 is 10.8 Å². The fourth-order valence-electron chi connectivity index (χ4n) is 2.09. The quantitative estimate of drug-likeness (QED) is 0.387. The monoisotopic (exact) mass is 321 g/mol.